The fraction of sp³-hybridized carbons (Fsp3) is 0.222. The van der Waals surface area contributed by atoms with Crippen molar-refractivity contribution in [2.45, 2.75) is 13.0 Å². The number of nitrogens with zero attached hydrogens (tertiary/aromatic N) is 2. The molecule has 0 aromatic carbocycles. The zero-order chi connectivity index (χ0) is 12.3. The molecular formula is C9H7F2N3O2. The SMILES string of the molecule is N#Cc1cnc(C(F)F)c(C(=O)O)c1CN. The number of hydrogen-bond donors (Lipinski definition) is 2. The van der Waals surface area contributed by atoms with E-state index in [1.54, 1.807) is 6.07 Å². The highest BCUT2D eigenvalue weighted by atomic mass is 19.3. The third-order valence-electron chi connectivity index (χ3n) is 1.96. The molecule has 84 valence electrons. The van der Waals surface area contributed by atoms with Crippen LogP contribution < -0.4 is 5.73 Å². The molecule has 0 saturated heterocycles. The first-order chi connectivity index (χ1) is 7.52. The Morgan fingerprint density at radius 3 is 2.69 bits per heavy atom. The van der Waals surface area contributed by atoms with E-state index in [9.17, 15) is 13.6 Å². The van der Waals surface area contributed by atoms with Crippen molar-refractivity contribution < 1.29 is 18.7 Å². The maximum atomic E-state index is 12.5. The molecule has 5 nitrogen and oxygen atoms in total. The van der Waals surface area contributed by atoms with Gasteiger partial charge in [0.25, 0.3) is 6.43 Å². The van der Waals surface area contributed by atoms with Crippen molar-refractivity contribution in [1.82, 2.24) is 4.98 Å². The maximum absolute atomic E-state index is 12.5. The highest BCUT2D eigenvalue weighted by Gasteiger charge is 2.24. The van der Waals surface area contributed by atoms with E-state index in [1.807, 2.05) is 0 Å². The first kappa shape index (κ1) is 12.0. The molecule has 0 spiro atoms. The second-order valence-corrected chi connectivity index (χ2v) is 2.83. The van der Waals surface area contributed by atoms with Gasteiger partial charge < -0.3 is 10.8 Å². The van der Waals surface area contributed by atoms with Crippen molar-refractivity contribution in [3.63, 3.8) is 0 Å². The van der Waals surface area contributed by atoms with Gasteiger partial charge in [0, 0.05) is 18.3 Å². The van der Waals surface area contributed by atoms with Crippen LogP contribution in [0.15, 0.2) is 6.20 Å². The number of rotatable bonds is 3. The molecule has 0 unspecified atom stereocenters. The maximum Gasteiger partial charge on any atom is 0.338 e. The van der Waals surface area contributed by atoms with E-state index in [1.165, 1.54) is 0 Å². The number of nitriles is 1. The van der Waals surface area contributed by atoms with Gasteiger partial charge in [-0.05, 0) is 0 Å². The first-order valence-corrected chi connectivity index (χ1v) is 4.16. The lowest BCUT2D eigenvalue weighted by atomic mass is 10.0. The van der Waals surface area contributed by atoms with E-state index in [4.69, 9.17) is 16.1 Å². The van der Waals surface area contributed by atoms with Crippen LogP contribution in [0.3, 0.4) is 0 Å². The molecule has 7 heteroatoms. The second-order valence-electron chi connectivity index (χ2n) is 2.83. The molecule has 0 fully saturated rings. The van der Waals surface area contributed by atoms with E-state index < -0.39 is 23.7 Å². The predicted molar refractivity (Wildman–Crippen MR) is 48.8 cm³/mol. The molecular weight excluding hydrogens is 220 g/mol. The van der Waals surface area contributed by atoms with E-state index in [2.05, 4.69) is 4.98 Å². The number of nitrogens with two attached hydrogens (primary N) is 1. The van der Waals surface area contributed by atoms with Crippen LogP contribution in [0.2, 0.25) is 0 Å². The quantitative estimate of drug-likeness (QED) is 0.803. The summed E-state index contributed by atoms with van der Waals surface area (Å²) in [6.07, 6.45) is -2.13. The summed E-state index contributed by atoms with van der Waals surface area (Å²) in [5.41, 5.74) is 3.46. The molecule has 0 radical (unpaired) electrons. The number of alkyl halides is 2. The summed E-state index contributed by atoms with van der Waals surface area (Å²) in [5, 5.41) is 17.5. The fourth-order valence-electron chi connectivity index (χ4n) is 1.28. The Labute approximate surface area is 89.1 Å². The van der Waals surface area contributed by atoms with Crippen LogP contribution in [0.25, 0.3) is 0 Å². The normalized spacial score (nSPS) is 10.2. The zero-order valence-corrected chi connectivity index (χ0v) is 7.94. The average molecular weight is 227 g/mol. The first-order valence-electron chi connectivity index (χ1n) is 4.16. The Hall–Kier alpha value is -2.07. The van der Waals surface area contributed by atoms with Crippen LogP contribution in [0.1, 0.15) is 33.6 Å². The van der Waals surface area contributed by atoms with Gasteiger partial charge in [-0.2, -0.15) is 5.26 Å². The van der Waals surface area contributed by atoms with Gasteiger partial charge in [-0.3, -0.25) is 4.98 Å². The zero-order valence-electron chi connectivity index (χ0n) is 7.94. The lowest BCUT2D eigenvalue weighted by molar-refractivity contribution is 0.0680. The number of carbonyl (C=O) groups is 1. The molecule has 0 aliphatic heterocycles. The molecule has 1 heterocycles. The summed E-state index contributed by atoms with van der Waals surface area (Å²) in [6.45, 7) is -0.313. The smallest absolute Gasteiger partial charge is 0.338 e. The van der Waals surface area contributed by atoms with Gasteiger partial charge in [0.1, 0.15) is 11.8 Å². The number of halogens is 2. The average Bonchev–Trinajstić information content (AvgIpc) is 2.26. The Bertz CT molecular complexity index is 469. The van der Waals surface area contributed by atoms with Gasteiger partial charge in [0.05, 0.1) is 11.1 Å². The Kier molecular flexibility index (Phi) is 3.48. The van der Waals surface area contributed by atoms with Gasteiger partial charge in [-0.15, -0.1) is 0 Å². The molecule has 0 amide bonds. The van der Waals surface area contributed by atoms with Crippen LogP contribution in [-0.4, -0.2) is 16.1 Å². The van der Waals surface area contributed by atoms with Crippen molar-refractivity contribution in [2.75, 3.05) is 0 Å². The third kappa shape index (κ3) is 1.97. The lowest BCUT2D eigenvalue weighted by Gasteiger charge is -2.09. The molecule has 1 rings (SSSR count). The van der Waals surface area contributed by atoms with Crippen LogP contribution >= 0.6 is 0 Å². The Morgan fingerprint density at radius 1 is 1.69 bits per heavy atom. The van der Waals surface area contributed by atoms with Crippen molar-refractivity contribution >= 4 is 5.97 Å². The largest absolute Gasteiger partial charge is 0.478 e. The van der Waals surface area contributed by atoms with Crippen LogP contribution in [0, 0.1) is 11.3 Å². The Balaban J connectivity index is 3.58. The molecule has 16 heavy (non-hydrogen) atoms. The minimum atomic E-state index is -3.02. The number of pyridine rings is 1. The highest BCUT2D eigenvalue weighted by molar-refractivity contribution is 5.91. The van der Waals surface area contributed by atoms with Crippen molar-refractivity contribution in [2.24, 2.45) is 5.73 Å². The summed E-state index contributed by atoms with van der Waals surface area (Å²) in [4.78, 5) is 14.1. The molecule has 1 aromatic heterocycles. The predicted octanol–water partition coefficient (Wildman–Crippen LogP) is 1.05. The van der Waals surface area contributed by atoms with Crippen molar-refractivity contribution in [1.29, 1.82) is 5.26 Å². The van der Waals surface area contributed by atoms with Crippen molar-refractivity contribution in [3.05, 3.63) is 28.6 Å². The lowest BCUT2D eigenvalue weighted by Crippen LogP contribution is -2.14. The number of hydrogen-bond acceptors (Lipinski definition) is 4. The van der Waals surface area contributed by atoms with Crippen LogP contribution in [-0.2, 0) is 6.54 Å². The van der Waals surface area contributed by atoms with Gasteiger partial charge >= 0.3 is 5.97 Å². The molecule has 0 bridgehead atoms. The van der Waals surface area contributed by atoms with E-state index >= 15 is 0 Å². The summed E-state index contributed by atoms with van der Waals surface area (Å²) in [6, 6.07) is 1.66. The molecule has 1 aromatic rings. The molecule has 0 aliphatic rings. The number of aromatic nitrogens is 1. The van der Waals surface area contributed by atoms with E-state index in [0.29, 0.717) is 0 Å². The molecule has 0 saturated carbocycles. The molecule has 0 aliphatic carbocycles. The monoisotopic (exact) mass is 227 g/mol. The minimum Gasteiger partial charge on any atom is -0.478 e. The fourth-order valence-corrected chi connectivity index (χ4v) is 1.28. The summed E-state index contributed by atoms with van der Waals surface area (Å²) < 4.78 is 25.0. The van der Waals surface area contributed by atoms with Gasteiger partial charge in [-0.25, -0.2) is 13.6 Å². The van der Waals surface area contributed by atoms with Gasteiger partial charge in [0.15, 0.2) is 0 Å². The number of carboxylic acids is 1. The standard InChI is InChI=1S/C9H7F2N3O2/c10-8(11)7-6(9(15)16)5(2-13)4(1-12)3-14-7/h3,8H,2,13H2,(H,15,16). The highest BCUT2D eigenvalue weighted by Crippen LogP contribution is 2.25. The summed E-state index contributed by atoms with van der Waals surface area (Å²) in [7, 11) is 0. The van der Waals surface area contributed by atoms with Gasteiger partial charge in [-0.1, -0.05) is 0 Å². The van der Waals surface area contributed by atoms with Crippen LogP contribution in [0.4, 0.5) is 8.78 Å². The third-order valence-corrected chi connectivity index (χ3v) is 1.96. The van der Waals surface area contributed by atoms with E-state index in [-0.39, 0.29) is 17.7 Å². The minimum absolute atomic E-state index is 0.107. The number of carboxylic acid groups (broad SMARTS) is 1. The summed E-state index contributed by atoms with van der Waals surface area (Å²) in [5.74, 6) is -1.57. The van der Waals surface area contributed by atoms with Crippen LogP contribution in [0.5, 0.6) is 0 Å². The Morgan fingerprint density at radius 2 is 2.31 bits per heavy atom. The van der Waals surface area contributed by atoms with E-state index in [0.717, 1.165) is 6.20 Å². The topological polar surface area (TPSA) is 100 Å². The second kappa shape index (κ2) is 4.63. The van der Waals surface area contributed by atoms with Crippen molar-refractivity contribution in [3.8, 4) is 6.07 Å². The van der Waals surface area contributed by atoms with Gasteiger partial charge in [0.2, 0.25) is 0 Å². The molecule has 0 atom stereocenters. The molecule has 3 N–H and O–H groups in total. The summed E-state index contributed by atoms with van der Waals surface area (Å²) >= 11 is 0. The number of aromatic carboxylic acids is 1.